The lowest BCUT2D eigenvalue weighted by atomic mass is 10.0. The van der Waals surface area contributed by atoms with Gasteiger partial charge >= 0.3 is 0 Å². The second-order valence-corrected chi connectivity index (χ2v) is 6.58. The van der Waals surface area contributed by atoms with Crippen molar-refractivity contribution in [2.45, 2.75) is 0 Å². The molecule has 4 rings (SSSR count). The van der Waals surface area contributed by atoms with Gasteiger partial charge in [-0.3, -0.25) is 0 Å². The Balaban J connectivity index is 0.00000169. The molecule has 0 fully saturated rings. The summed E-state index contributed by atoms with van der Waals surface area (Å²) in [7, 11) is 2.09. The van der Waals surface area contributed by atoms with Crippen molar-refractivity contribution in [1.82, 2.24) is 0 Å². The third kappa shape index (κ3) is 2.91. The molecular weight excluding hydrogens is 429 g/mol. The molecule has 0 aliphatic rings. The predicted molar refractivity (Wildman–Crippen MR) is 97.5 cm³/mol. The van der Waals surface area contributed by atoms with Crippen LogP contribution in [0.1, 0.15) is 10.6 Å². The molecule has 4 aromatic rings. The number of thiazole rings is 1. The summed E-state index contributed by atoms with van der Waals surface area (Å²) in [6.07, 6.45) is 4.26. The molecule has 120 valence electrons. The van der Waals surface area contributed by atoms with Crippen LogP contribution in [0.5, 0.6) is 5.75 Å². The van der Waals surface area contributed by atoms with Crippen LogP contribution in [0.4, 0.5) is 0 Å². The third-order valence-electron chi connectivity index (χ3n) is 4.11. The lowest BCUT2D eigenvalue weighted by Crippen LogP contribution is -3.00. The highest BCUT2D eigenvalue weighted by Crippen LogP contribution is 2.29. The molecule has 24 heavy (non-hydrogen) atoms. The number of phenolic OH excluding ortho intramolecular Hbond substituents is 1. The summed E-state index contributed by atoms with van der Waals surface area (Å²) >= 11 is 1.78. The van der Waals surface area contributed by atoms with Gasteiger partial charge in [0, 0.05) is 17.5 Å². The highest BCUT2D eigenvalue weighted by Gasteiger charge is 2.13. The topological polar surface area (TPSA) is 24.1 Å². The summed E-state index contributed by atoms with van der Waals surface area (Å²) in [6.45, 7) is 0. The monoisotopic (exact) mass is 445 g/mol. The Morgan fingerprint density at radius 1 is 0.875 bits per heavy atom. The maximum atomic E-state index is 9.99. The molecule has 0 saturated carbocycles. The fourth-order valence-electron chi connectivity index (χ4n) is 2.88. The first-order chi connectivity index (χ1) is 11.2. The van der Waals surface area contributed by atoms with Crippen LogP contribution >= 0.6 is 11.3 Å². The zero-order valence-electron chi connectivity index (χ0n) is 13.1. The van der Waals surface area contributed by atoms with Crippen molar-refractivity contribution in [1.29, 1.82) is 0 Å². The number of rotatable bonds is 2. The van der Waals surface area contributed by atoms with Crippen LogP contribution in [-0.4, -0.2) is 5.11 Å². The van der Waals surface area contributed by atoms with E-state index < -0.39 is 0 Å². The highest BCUT2D eigenvalue weighted by molar-refractivity contribution is 7.18. The molecule has 4 heteroatoms. The number of para-hydroxylation sites is 1. The standard InChI is InChI=1S/C20H15NOS.HI/c1-21-17-8-4-5-9-19(17)23-20(21)13-11-14-10-12-18(22)16-7-3-2-6-15(14)16;/h2-13H,1H3;1H. The number of benzene rings is 3. The van der Waals surface area contributed by atoms with E-state index in [0.717, 1.165) is 16.3 Å². The number of hydrogen-bond donors (Lipinski definition) is 1. The fourth-order valence-corrected chi connectivity index (χ4v) is 3.93. The SMILES string of the molecule is C[n+]1c(/C=C/c2ccc(O)c3ccccc23)sc2ccccc21.[I-]. The Hall–Kier alpha value is -1.92. The summed E-state index contributed by atoms with van der Waals surface area (Å²) in [4.78, 5) is 0. The minimum atomic E-state index is 0. The summed E-state index contributed by atoms with van der Waals surface area (Å²) < 4.78 is 3.49. The Labute approximate surface area is 161 Å². The molecular formula is C20H16INOS. The lowest BCUT2D eigenvalue weighted by molar-refractivity contribution is -0.642. The second-order valence-electron chi connectivity index (χ2n) is 5.52. The van der Waals surface area contributed by atoms with Crippen molar-refractivity contribution < 1.29 is 33.7 Å². The normalized spacial score (nSPS) is 11.2. The van der Waals surface area contributed by atoms with Gasteiger partial charge in [-0.05, 0) is 29.2 Å². The van der Waals surface area contributed by atoms with Crippen molar-refractivity contribution in [3.63, 3.8) is 0 Å². The zero-order valence-corrected chi connectivity index (χ0v) is 16.1. The molecule has 0 amide bonds. The van der Waals surface area contributed by atoms with E-state index in [1.807, 2.05) is 30.3 Å². The average Bonchev–Trinajstić information content (AvgIpc) is 2.91. The van der Waals surface area contributed by atoms with E-state index >= 15 is 0 Å². The molecule has 0 unspecified atom stereocenters. The van der Waals surface area contributed by atoms with E-state index in [2.05, 4.69) is 48.0 Å². The molecule has 0 aliphatic heterocycles. The molecule has 0 saturated heterocycles. The van der Waals surface area contributed by atoms with Crippen molar-refractivity contribution in [2.24, 2.45) is 7.05 Å². The molecule has 1 N–H and O–H groups in total. The van der Waals surface area contributed by atoms with Gasteiger partial charge in [0.15, 0.2) is 0 Å². The molecule has 3 aromatic carbocycles. The minimum absolute atomic E-state index is 0. The van der Waals surface area contributed by atoms with Crippen molar-refractivity contribution in [2.75, 3.05) is 0 Å². The molecule has 0 spiro atoms. The number of phenols is 1. The fraction of sp³-hybridized carbons (Fsp3) is 0.0500. The van der Waals surface area contributed by atoms with Crippen LogP contribution in [0.3, 0.4) is 0 Å². The number of fused-ring (bicyclic) bond motifs is 2. The van der Waals surface area contributed by atoms with Gasteiger partial charge in [0.2, 0.25) is 5.52 Å². The first kappa shape index (κ1) is 16.9. The lowest BCUT2D eigenvalue weighted by Gasteiger charge is -2.03. The van der Waals surface area contributed by atoms with Gasteiger partial charge in [0.25, 0.3) is 5.01 Å². The van der Waals surface area contributed by atoms with E-state index in [-0.39, 0.29) is 24.0 Å². The van der Waals surface area contributed by atoms with Crippen LogP contribution in [0.15, 0.2) is 60.7 Å². The molecule has 0 radical (unpaired) electrons. The number of hydrogen-bond acceptors (Lipinski definition) is 2. The Morgan fingerprint density at radius 2 is 1.58 bits per heavy atom. The summed E-state index contributed by atoms with van der Waals surface area (Å²) in [5.41, 5.74) is 2.35. The van der Waals surface area contributed by atoms with Gasteiger partial charge in [-0.25, -0.2) is 0 Å². The summed E-state index contributed by atoms with van der Waals surface area (Å²) in [6, 6.07) is 20.1. The number of halogens is 1. The Bertz CT molecular complexity index is 1050. The first-order valence-corrected chi connectivity index (χ1v) is 8.32. The van der Waals surface area contributed by atoms with Crippen molar-refractivity contribution in [3.05, 3.63) is 71.2 Å². The highest BCUT2D eigenvalue weighted by atomic mass is 127. The van der Waals surface area contributed by atoms with Gasteiger partial charge in [-0.15, -0.1) is 0 Å². The summed E-state index contributed by atoms with van der Waals surface area (Å²) in [5, 5.41) is 13.1. The molecule has 1 heterocycles. The number of nitrogens with zero attached hydrogens (tertiary/aromatic N) is 1. The number of aromatic nitrogens is 1. The maximum absolute atomic E-state index is 9.99. The van der Waals surface area contributed by atoms with E-state index in [9.17, 15) is 5.11 Å². The van der Waals surface area contributed by atoms with Crippen LogP contribution < -0.4 is 28.5 Å². The van der Waals surface area contributed by atoms with Crippen LogP contribution in [0.25, 0.3) is 33.1 Å². The second kappa shape index (κ2) is 6.91. The molecule has 2 nitrogen and oxygen atoms in total. The Morgan fingerprint density at radius 3 is 2.38 bits per heavy atom. The average molecular weight is 445 g/mol. The van der Waals surface area contributed by atoms with Gasteiger partial charge in [-0.2, -0.15) is 4.57 Å². The van der Waals surface area contributed by atoms with E-state index in [4.69, 9.17) is 0 Å². The maximum Gasteiger partial charge on any atom is 0.262 e. The van der Waals surface area contributed by atoms with E-state index in [1.54, 1.807) is 17.4 Å². The van der Waals surface area contributed by atoms with Crippen LogP contribution in [-0.2, 0) is 7.05 Å². The smallest absolute Gasteiger partial charge is 0.262 e. The zero-order chi connectivity index (χ0) is 15.8. The number of aryl methyl sites for hydroxylation is 1. The number of aromatic hydroxyl groups is 1. The van der Waals surface area contributed by atoms with Crippen LogP contribution in [0.2, 0.25) is 0 Å². The summed E-state index contributed by atoms with van der Waals surface area (Å²) in [5.74, 6) is 0.324. The van der Waals surface area contributed by atoms with Crippen LogP contribution in [0, 0.1) is 0 Å². The Kier molecular flexibility index (Phi) is 4.87. The van der Waals surface area contributed by atoms with Crippen molar-refractivity contribution >= 4 is 44.5 Å². The van der Waals surface area contributed by atoms with E-state index in [1.165, 1.54) is 15.2 Å². The first-order valence-electron chi connectivity index (χ1n) is 7.50. The van der Waals surface area contributed by atoms with Gasteiger partial charge in [-0.1, -0.05) is 53.8 Å². The molecule has 0 aliphatic carbocycles. The molecule has 1 aromatic heterocycles. The predicted octanol–water partition coefficient (Wildman–Crippen LogP) is 1.76. The van der Waals surface area contributed by atoms with Gasteiger partial charge < -0.3 is 29.1 Å². The third-order valence-corrected chi connectivity index (χ3v) is 5.30. The quantitative estimate of drug-likeness (QED) is 0.369. The largest absolute Gasteiger partial charge is 1.00 e. The molecule has 0 atom stereocenters. The van der Waals surface area contributed by atoms with Crippen molar-refractivity contribution in [3.8, 4) is 5.75 Å². The van der Waals surface area contributed by atoms with E-state index in [0.29, 0.717) is 5.75 Å². The van der Waals surface area contributed by atoms with Gasteiger partial charge in [0.05, 0.1) is 0 Å². The van der Waals surface area contributed by atoms with Gasteiger partial charge in [0.1, 0.15) is 17.5 Å². The minimum Gasteiger partial charge on any atom is -1.00 e. The molecule has 0 bridgehead atoms.